The normalized spacial score (nSPS) is 18.3. The first-order valence-corrected chi connectivity index (χ1v) is 14.5. The maximum atomic E-state index is 12.2. The summed E-state index contributed by atoms with van der Waals surface area (Å²) in [6.07, 6.45) is 7.46. The van der Waals surface area contributed by atoms with E-state index >= 15 is 0 Å². The lowest BCUT2D eigenvalue weighted by Crippen LogP contribution is -2.39. The quantitative estimate of drug-likeness (QED) is 0.389. The summed E-state index contributed by atoms with van der Waals surface area (Å²) in [7, 11) is 0. The van der Waals surface area contributed by atoms with Gasteiger partial charge in [0.25, 0.3) is 0 Å². The molecular formula is C30H50N8O4. The number of carbonyl (C=O) groups is 4. The van der Waals surface area contributed by atoms with Gasteiger partial charge < -0.3 is 30.4 Å². The van der Waals surface area contributed by atoms with Gasteiger partial charge in [-0.25, -0.2) is 9.97 Å². The Morgan fingerprint density at radius 3 is 1.86 bits per heavy atom. The second-order valence-electron chi connectivity index (χ2n) is 12.1. The molecule has 12 heteroatoms. The molecule has 2 aliphatic heterocycles. The monoisotopic (exact) mass is 586 g/mol. The number of aromatic nitrogens is 4. The molecule has 0 saturated carbocycles. The van der Waals surface area contributed by atoms with E-state index in [2.05, 4.69) is 65.2 Å². The highest BCUT2D eigenvalue weighted by Crippen LogP contribution is 2.32. The van der Waals surface area contributed by atoms with Gasteiger partial charge in [-0.15, -0.1) is 0 Å². The predicted molar refractivity (Wildman–Crippen MR) is 161 cm³/mol. The molecule has 0 bridgehead atoms. The summed E-state index contributed by atoms with van der Waals surface area (Å²) in [5.41, 5.74) is 2.07. The standard InChI is InChI=1S/C15H24N4O2.C14H22N4O2.CH4/c1-10(20)16-9-13(21)19-7-5-6-11(19)14-17-8-12(18-14)15(2,3)4;1-9(2)14-16-7-11(17-14)12-5-4-6-18(12)13(20)8-15-10(3)19;/h8,11H,5-7,9H2,1-4H3,(H,16,20)(H,17,18);7,9,12H,4-6,8H2,1-3H3,(H,15,19)(H,16,17);1H4. The van der Waals surface area contributed by atoms with Crippen molar-refractivity contribution >= 4 is 23.6 Å². The summed E-state index contributed by atoms with van der Waals surface area (Å²) < 4.78 is 0. The molecule has 2 aliphatic rings. The molecule has 2 unspecified atom stereocenters. The van der Waals surface area contributed by atoms with E-state index in [0.717, 1.165) is 55.3 Å². The number of amides is 4. The topological polar surface area (TPSA) is 156 Å². The lowest BCUT2D eigenvalue weighted by molar-refractivity contribution is -0.133. The summed E-state index contributed by atoms with van der Waals surface area (Å²) in [4.78, 5) is 65.3. The third kappa shape index (κ3) is 9.15. The minimum atomic E-state index is -0.188. The Morgan fingerprint density at radius 1 is 0.881 bits per heavy atom. The molecule has 4 N–H and O–H groups in total. The number of rotatable bonds is 7. The molecule has 0 aromatic carbocycles. The Bertz CT molecular complexity index is 1210. The van der Waals surface area contributed by atoms with Crippen LogP contribution in [0.4, 0.5) is 0 Å². The minimum absolute atomic E-state index is 0. The summed E-state index contributed by atoms with van der Waals surface area (Å²) >= 11 is 0. The van der Waals surface area contributed by atoms with Crippen LogP contribution in [-0.4, -0.2) is 79.5 Å². The first-order chi connectivity index (χ1) is 19.3. The van der Waals surface area contributed by atoms with Crippen molar-refractivity contribution in [2.24, 2.45) is 0 Å². The molecule has 2 saturated heterocycles. The minimum Gasteiger partial charge on any atom is -0.347 e. The van der Waals surface area contributed by atoms with Crippen LogP contribution >= 0.6 is 0 Å². The van der Waals surface area contributed by atoms with Crippen molar-refractivity contribution in [3.05, 3.63) is 35.4 Å². The molecule has 0 aliphatic carbocycles. The molecule has 2 fully saturated rings. The first kappa shape index (κ1) is 34.5. The highest BCUT2D eigenvalue weighted by molar-refractivity contribution is 5.84. The number of hydrogen-bond acceptors (Lipinski definition) is 6. The van der Waals surface area contributed by atoms with Crippen LogP contribution < -0.4 is 10.6 Å². The molecule has 4 amide bonds. The van der Waals surface area contributed by atoms with E-state index in [1.807, 2.05) is 17.3 Å². The van der Waals surface area contributed by atoms with Crippen LogP contribution in [0, 0.1) is 0 Å². The van der Waals surface area contributed by atoms with Gasteiger partial charge in [0.2, 0.25) is 23.6 Å². The predicted octanol–water partition coefficient (Wildman–Crippen LogP) is 3.48. The van der Waals surface area contributed by atoms with Gasteiger partial charge in [0, 0.05) is 50.2 Å². The van der Waals surface area contributed by atoms with Gasteiger partial charge in [-0.2, -0.15) is 0 Å². The molecular weight excluding hydrogens is 536 g/mol. The number of imidazole rings is 2. The van der Waals surface area contributed by atoms with E-state index in [4.69, 9.17) is 0 Å². The molecule has 2 aromatic rings. The SMILES string of the molecule is C.CC(=O)NCC(=O)N1CCCC1c1cnc(C(C)C)[nH]1.CC(=O)NCC(=O)N1CCCC1c1ncc(C(C)(C)C)[nH]1. The fourth-order valence-corrected chi connectivity index (χ4v) is 5.04. The average Bonchev–Trinajstić information content (AvgIpc) is 3.70. The Kier molecular flexibility index (Phi) is 12.3. The van der Waals surface area contributed by atoms with E-state index in [-0.39, 0.29) is 61.6 Å². The fraction of sp³-hybridized carbons (Fsp3) is 0.667. The molecule has 2 aromatic heterocycles. The third-order valence-electron chi connectivity index (χ3n) is 7.36. The van der Waals surface area contributed by atoms with E-state index in [1.54, 1.807) is 4.90 Å². The van der Waals surface area contributed by atoms with Crippen molar-refractivity contribution in [2.75, 3.05) is 26.2 Å². The second kappa shape index (κ2) is 15.0. The van der Waals surface area contributed by atoms with Crippen LogP contribution in [0.3, 0.4) is 0 Å². The smallest absolute Gasteiger partial charge is 0.242 e. The average molecular weight is 587 g/mol. The maximum Gasteiger partial charge on any atom is 0.242 e. The highest BCUT2D eigenvalue weighted by atomic mass is 16.2. The van der Waals surface area contributed by atoms with Crippen molar-refractivity contribution in [1.82, 2.24) is 40.4 Å². The molecule has 0 spiro atoms. The van der Waals surface area contributed by atoms with E-state index in [1.165, 1.54) is 13.8 Å². The molecule has 0 radical (unpaired) electrons. The molecule has 4 heterocycles. The van der Waals surface area contributed by atoms with Gasteiger partial charge >= 0.3 is 0 Å². The largest absolute Gasteiger partial charge is 0.347 e. The van der Waals surface area contributed by atoms with E-state index in [0.29, 0.717) is 12.5 Å². The van der Waals surface area contributed by atoms with E-state index < -0.39 is 0 Å². The first-order valence-electron chi connectivity index (χ1n) is 14.5. The molecule has 234 valence electrons. The van der Waals surface area contributed by atoms with Crippen LogP contribution in [0.5, 0.6) is 0 Å². The van der Waals surface area contributed by atoms with Gasteiger partial charge in [0.15, 0.2) is 0 Å². The van der Waals surface area contributed by atoms with E-state index in [9.17, 15) is 19.2 Å². The summed E-state index contributed by atoms with van der Waals surface area (Å²) in [6.45, 7) is 14.9. The van der Waals surface area contributed by atoms with Crippen molar-refractivity contribution in [3.8, 4) is 0 Å². The van der Waals surface area contributed by atoms with Crippen molar-refractivity contribution in [2.45, 2.75) is 105 Å². The number of nitrogens with zero attached hydrogens (tertiary/aromatic N) is 4. The van der Waals surface area contributed by atoms with Crippen LogP contribution in [0.15, 0.2) is 12.4 Å². The number of aromatic amines is 2. The Labute approximate surface area is 249 Å². The number of carbonyl (C=O) groups excluding carboxylic acids is 4. The molecule has 12 nitrogen and oxygen atoms in total. The molecule has 2 atom stereocenters. The Hall–Kier alpha value is -3.70. The lowest BCUT2D eigenvalue weighted by Gasteiger charge is -2.23. The summed E-state index contributed by atoms with van der Waals surface area (Å²) in [5, 5.41) is 5.12. The molecule has 42 heavy (non-hydrogen) atoms. The summed E-state index contributed by atoms with van der Waals surface area (Å²) in [5.74, 6) is 1.66. The van der Waals surface area contributed by atoms with Gasteiger partial charge in [-0.1, -0.05) is 42.0 Å². The second-order valence-corrected chi connectivity index (χ2v) is 12.1. The van der Waals surface area contributed by atoms with Gasteiger partial charge in [0.1, 0.15) is 11.6 Å². The maximum absolute atomic E-state index is 12.2. The summed E-state index contributed by atoms with van der Waals surface area (Å²) in [6, 6.07) is 0.0404. The van der Waals surface area contributed by atoms with Gasteiger partial charge in [-0.05, 0) is 25.7 Å². The number of H-pyrrole nitrogens is 2. The number of hydrogen-bond donors (Lipinski definition) is 4. The zero-order chi connectivity index (χ0) is 30.3. The van der Waals surface area contributed by atoms with Crippen LogP contribution in [0.25, 0.3) is 0 Å². The Morgan fingerprint density at radius 2 is 1.40 bits per heavy atom. The third-order valence-corrected chi connectivity index (χ3v) is 7.36. The zero-order valence-corrected chi connectivity index (χ0v) is 25.5. The van der Waals surface area contributed by atoms with Crippen molar-refractivity contribution in [3.63, 3.8) is 0 Å². The highest BCUT2D eigenvalue weighted by Gasteiger charge is 2.33. The van der Waals surface area contributed by atoms with Gasteiger partial charge in [-0.3, -0.25) is 19.2 Å². The lowest BCUT2D eigenvalue weighted by atomic mass is 9.93. The number of nitrogens with one attached hydrogen (secondary N) is 4. The zero-order valence-electron chi connectivity index (χ0n) is 25.5. The van der Waals surface area contributed by atoms with Crippen LogP contribution in [0.2, 0.25) is 0 Å². The fourth-order valence-electron chi connectivity index (χ4n) is 5.04. The van der Waals surface area contributed by atoms with Gasteiger partial charge in [0.05, 0.1) is 37.1 Å². The van der Waals surface area contributed by atoms with Crippen molar-refractivity contribution in [1.29, 1.82) is 0 Å². The van der Waals surface area contributed by atoms with Crippen LogP contribution in [-0.2, 0) is 24.6 Å². The van der Waals surface area contributed by atoms with Crippen LogP contribution in [0.1, 0.15) is 123 Å². The molecule has 4 rings (SSSR count). The number of likely N-dealkylation sites (tertiary alicyclic amines) is 2. The Balaban J connectivity index is 0.000000287. The van der Waals surface area contributed by atoms with Crippen molar-refractivity contribution < 1.29 is 19.2 Å².